The third-order valence-electron chi connectivity index (χ3n) is 2.15. The van der Waals surface area contributed by atoms with E-state index in [1.165, 1.54) is 11.8 Å². The van der Waals surface area contributed by atoms with Crippen molar-refractivity contribution in [1.82, 2.24) is 0 Å². The number of ether oxygens (including phenoxy) is 1. The van der Waals surface area contributed by atoms with E-state index in [-0.39, 0.29) is 11.9 Å². The van der Waals surface area contributed by atoms with Crippen molar-refractivity contribution < 1.29 is 9.53 Å². The Balaban J connectivity index is 2.55. The molecular weight excluding hydrogens is 258 g/mol. The van der Waals surface area contributed by atoms with Gasteiger partial charge in [-0.1, -0.05) is 18.5 Å². The SMILES string of the molecule is CCOC(=O)C(C)CSc1cc(Cl)ccc1N. The number of nitrogen functional groups attached to an aromatic ring is 1. The Hall–Kier alpha value is -0.870. The predicted octanol–water partition coefficient (Wildman–Crippen LogP) is 3.21. The van der Waals surface area contributed by atoms with Crippen LogP contribution in [-0.2, 0) is 9.53 Å². The van der Waals surface area contributed by atoms with Gasteiger partial charge in [-0.25, -0.2) is 0 Å². The zero-order valence-electron chi connectivity index (χ0n) is 9.90. The molecule has 94 valence electrons. The smallest absolute Gasteiger partial charge is 0.309 e. The molecule has 0 fully saturated rings. The Labute approximate surface area is 111 Å². The van der Waals surface area contributed by atoms with E-state index in [9.17, 15) is 4.79 Å². The number of carbonyl (C=O) groups is 1. The molecule has 1 atom stereocenters. The van der Waals surface area contributed by atoms with Crippen molar-refractivity contribution in [3.8, 4) is 0 Å². The largest absolute Gasteiger partial charge is 0.466 e. The number of anilines is 1. The highest BCUT2D eigenvalue weighted by atomic mass is 35.5. The number of carbonyl (C=O) groups excluding carboxylic acids is 1. The summed E-state index contributed by atoms with van der Waals surface area (Å²) < 4.78 is 4.94. The lowest BCUT2D eigenvalue weighted by Gasteiger charge is -2.11. The van der Waals surface area contributed by atoms with Crippen LogP contribution in [0.25, 0.3) is 0 Å². The van der Waals surface area contributed by atoms with Crippen LogP contribution in [0.5, 0.6) is 0 Å². The van der Waals surface area contributed by atoms with E-state index >= 15 is 0 Å². The second-order valence-electron chi connectivity index (χ2n) is 3.65. The maximum atomic E-state index is 11.4. The Morgan fingerprint density at radius 2 is 2.29 bits per heavy atom. The summed E-state index contributed by atoms with van der Waals surface area (Å²) in [6.07, 6.45) is 0. The van der Waals surface area contributed by atoms with Gasteiger partial charge in [-0.05, 0) is 25.1 Å². The Morgan fingerprint density at radius 3 is 2.94 bits per heavy atom. The van der Waals surface area contributed by atoms with E-state index in [0.29, 0.717) is 23.1 Å². The van der Waals surface area contributed by atoms with Crippen LogP contribution in [0, 0.1) is 5.92 Å². The monoisotopic (exact) mass is 273 g/mol. The summed E-state index contributed by atoms with van der Waals surface area (Å²) in [5.41, 5.74) is 6.49. The number of hydrogen-bond donors (Lipinski definition) is 1. The summed E-state index contributed by atoms with van der Waals surface area (Å²) in [6, 6.07) is 5.31. The summed E-state index contributed by atoms with van der Waals surface area (Å²) in [4.78, 5) is 12.3. The van der Waals surface area contributed by atoms with Crippen molar-refractivity contribution in [2.75, 3.05) is 18.1 Å². The molecule has 17 heavy (non-hydrogen) atoms. The fourth-order valence-electron chi connectivity index (χ4n) is 1.20. The summed E-state index contributed by atoms with van der Waals surface area (Å²) in [6.45, 7) is 4.05. The molecular formula is C12H16ClNO2S. The standard InChI is InChI=1S/C12H16ClNO2S/c1-3-16-12(15)8(2)7-17-11-6-9(13)4-5-10(11)14/h4-6,8H,3,7,14H2,1-2H3. The fourth-order valence-corrected chi connectivity index (χ4v) is 2.45. The van der Waals surface area contributed by atoms with Gasteiger partial charge in [0.25, 0.3) is 0 Å². The number of rotatable bonds is 5. The summed E-state index contributed by atoms with van der Waals surface area (Å²) in [7, 11) is 0. The maximum absolute atomic E-state index is 11.4. The highest BCUT2D eigenvalue weighted by Gasteiger charge is 2.14. The number of thioether (sulfide) groups is 1. The molecule has 0 aliphatic carbocycles. The molecule has 0 spiro atoms. The highest BCUT2D eigenvalue weighted by Crippen LogP contribution is 2.29. The van der Waals surface area contributed by atoms with Crippen LogP contribution in [-0.4, -0.2) is 18.3 Å². The molecule has 1 unspecified atom stereocenters. The van der Waals surface area contributed by atoms with Gasteiger partial charge in [0.2, 0.25) is 0 Å². The van der Waals surface area contributed by atoms with Gasteiger partial charge in [0.1, 0.15) is 0 Å². The average Bonchev–Trinajstić information content (AvgIpc) is 2.30. The van der Waals surface area contributed by atoms with Crippen molar-refractivity contribution in [2.24, 2.45) is 5.92 Å². The van der Waals surface area contributed by atoms with E-state index in [2.05, 4.69) is 0 Å². The molecule has 1 rings (SSSR count). The molecule has 0 saturated carbocycles. The second kappa shape index (κ2) is 6.77. The van der Waals surface area contributed by atoms with E-state index < -0.39 is 0 Å². The first kappa shape index (κ1) is 14.2. The zero-order valence-corrected chi connectivity index (χ0v) is 11.5. The lowest BCUT2D eigenvalue weighted by molar-refractivity contribution is -0.146. The van der Waals surface area contributed by atoms with Gasteiger partial charge in [-0.15, -0.1) is 11.8 Å². The quantitative estimate of drug-likeness (QED) is 0.508. The second-order valence-corrected chi connectivity index (χ2v) is 5.14. The van der Waals surface area contributed by atoms with Crippen LogP contribution in [0.1, 0.15) is 13.8 Å². The number of benzene rings is 1. The van der Waals surface area contributed by atoms with E-state index in [1.54, 1.807) is 25.1 Å². The third kappa shape index (κ3) is 4.48. The molecule has 0 radical (unpaired) electrons. The van der Waals surface area contributed by atoms with Crippen LogP contribution < -0.4 is 5.73 Å². The van der Waals surface area contributed by atoms with Crippen LogP contribution in [0.4, 0.5) is 5.69 Å². The Kier molecular flexibility index (Phi) is 5.65. The lowest BCUT2D eigenvalue weighted by atomic mass is 10.2. The molecule has 2 N–H and O–H groups in total. The van der Waals surface area contributed by atoms with E-state index in [4.69, 9.17) is 22.1 Å². The third-order valence-corrected chi connectivity index (χ3v) is 3.72. The molecule has 0 bridgehead atoms. The van der Waals surface area contributed by atoms with Gasteiger partial charge >= 0.3 is 5.97 Å². The maximum Gasteiger partial charge on any atom is 0.309 e. The van der Waals surface area contributed by atoms with Crippen molar-refractivity contribution in [1.29, 1.82) is 0 Å². The molecule has 0 saturated heterocycles. The molecule has 5 heteroatoms. The summed E-state index contributed by atoms with van der Waals surface area (Å²) in [5, 5.41) is 0.644. The van der Waals surface area contributed by atoms with Gasteiger partial charge in [0.15, 0.2) is 0 Å². The summed E-state index contributed by atoms with van der Waals surface area (Å²) >= 11 is 7.40. The van der Waals surface area contributed by atoms with E-state index in [0.717, 1.165) is 4.90 Å². The predicted molar refractivity (Wildman–Crippen MR) is 72.4 cm³/mol. The van der Waals surface area contributed by atoms with Gasteiger partial charge in [0, 0.05) is 21.4 Å². The molecule has 0 aliphatic heterocycles. The van der Waals surface area contributed by atoms with Crippen molar-refractivity contribution in [2.45, 2.75) is 18.7 Å². The van der Waals surface area contributed by atoms with Gasteiger partial charge < -0.3 is 10.5 Å². The molecule has 1 aromatic carbocycles. The Bertz CT molecular complexity index is 398. The number of esters is 1. The summed E-state index contributed by atoms with van der Waals surface area (Å²) in [5.74, 6) is 0.294. The molecule has 0 aliphatic rings. The zero-order chi connectivity index (χ0) is 12.8. The van der Waals surface area contributed by atoms with Gasteiger partial charge in [-0.3, -0.25) is 4.79 Å². The van der Waals surface area contributed by atoms with Crippen molar-refractivity contribution in [3.05, 3.63) is 23.2 Å². The molecule has 0 amide bonds. The Morgan fingerprint density at radius 1 is 1.59 bits per heavy atom. The van der Waals surface area contributed by atoms with Gasteiger partial charge in [0.05, 0.1) is 12.5 Å². The molecule has 3 nitrogen and oxygen atoms in total. The molecule has 1 aromatic rings. The molecule has 0 heterocycles. The average molecular weight is 274 g/mol. The lowest BCUT2D eigenvalue weighted by Crippen LogP contribution is -2.16. The van der Waals surface area contributed by atoms with Crippen molar-refractivity contribution in [3.63, 3.8) is 0 Å². The van der Waals surface area contributed by atoms with Crippen LogP contribution in [0.15, 0.2) is 23.1 Å². The minimum Gasteiger partial charge on any atom is -0.466 e. The topological polar surface area (TPSA) is 52.3 Å². The normalized spacial score (nSPS) is 12.2. The number of hydrogen-bond acceptors (Lipinski definition) is 4. The minimum atomic E-state index is -0.180. The highest BCUT2D eigenvalue weighted by molar-refractivity contribution is 7.99. The molecule has 0 aromatic heterocycles. The van der Waals surface area contributed by atoms with Crippen LogP contribution in [0.3, 0.4) is 0 Å². The first-order valence-corrected chi connectivity index (χ1v) is 6.75. The van der Waals surface area contributed by atoms with E-state index in [1.807, 2.05) is 6.92 Å². The fraction of sp³-hybridized carbons (Fsp3) is 0.417. The number of nitrogens with two attached hydrogens (primary N) is 1. The number of halogens is 1. The minimum absolute atomic E-state index is 0.154. The van der Waals surface area contributed by atoms with Crippen LogP contribution >= 0.6 is 23.4 Å². The first-order chi connectivity index (χ1) is 8.04. The van der Waals surface area contributed by atoms with Gasteiger partial charge in [-0.2, -0.15) is 0 Å². The van der Waals surface area contributed by atoms with Crippen molar-refractivity contribution >= 4 is 35.0 Å². The van der Waals surface area contributed by atoms with Crippen LogP contribution in [0.2, 0.25) is 5.02 Å². The first-order valence-electron chi connectivity index (χ1n) is 5.39.